The van der Waals surface area contributed by atoms with Gasteiger partial charge in [0.05, 0.1) is 9.83 Å². The van der Waals surface area contributed by atoms with Crippen LogP contribution in [0.5, 0.6) is 0 Å². The lowest BCUT2D eigenvalue weighted by Crippen LogP contribution is -2.12. The molecule has 0 aliphatic rings. The fourth-order valence-electron chi connectivity index (χ4n) is 1.80. The van der Waals surface area contributed by atoms with E-state index in [1.807, 2.05) is 0 Å². The van der Waals surface area contributed by atoms with Gasteiger partial charge in [-0.15, -0.1) is 11.3 Å². The maximum absolute atomic E-state index is 6.32. The Morgan fingerprint density at radius 1 is 1.12 bits per heavy atom. The van der Waals surface area contributed by atoms with Crippen LogP contribution >= 0.6 is 43.2 Å². The Morgan fingerprint density at radius 2 is 1.82 bits per heavy atom. The number of halogens is 2. The van der Waals surface area contributed by atoms with E-state index in [0.29, 0.717) is 0 Å². The number of hydrogen-bond donors (Lipinski definition) is 1. The summed E-state index contributed by atoms with van der Waals surface area (Å²) in [6, 6.07) is 6.33. The molecule has 17 heavy (non-hydrogen) atoms. The quantitative estimate of drug-likeness (QED) is 0.791. The van der Waals surface area contributed by atoms with Crippen LogP contribution in [0.15, 0.2) is 31.8 Å². The molecule has 1 unspecified atom stereocenters. The van der Waals surface area contributed by atoms with E-state index in [1.54, 1.807) is 11.3 Å². The molecule has 0 amide bonds. The third kappa shape index (κ3) is 2.81. The summed E-state index contributed by atoms with van der Waals surface area (Å²) < 4.78 is 2.26. The Hall–Kier alpha value is -0.160. The van der Waals surface area contributed by atoms with Crippen LogP contribution in [0.1, 0.15) is 28.3 Å². The van der Waals surface area contributed by atoms with E-state index in [9.17, 15) is 0 Å². The Balaban J connectivity index is 2.43. The highest BCUT2D eigenvalue weighted by Gasteiger charge is 2.14. The highest BCUT2D eigenvalue weighted by molar-refractivity contribution is 9.11. The average molecular weight is 375 g/mol. The zero-order valence-corrected chi connectivity index (χ0v) is 13.6. The fraction of sp³-hybridized carbons (Fsp3) is 0.231. The summed E-state index contributed by atoms with van der Waals surface area (Å²) in [5, 5.41) is 2.10. The first-order valence-electron chi connectivity index (χ1n) is 5.25. The van der Waals surface area contributed by atoms with Gasteiger partial charge in [0.15, 0.2) is 0 Å². The van der Waals surface area contributed by atoms with Crippen LogP contribution in [0.3, 0.4) is 0 Å². The van der Waals surface area contributed by atoms with Gasteiger partial charge in [-0.3, -0.25) is 0 Å². The smallest absolute Gasteiger partial charge is 0.0701 e. The number of benzene rings is 1. The zero-order chi connectivity index (χ0) is 12.6. The Kier molecular flexibility index (Phi) is 4.08. The Labute approximate surface area is 122 Å². The molecule has 4 heteroatoms. The van der Waals surface area contributed by atoms with Crippen molar-refractivity contribution in [2.24, 2.45) is 5.73 Å². The van der Waals surface area contributed by atoms with Crippen molar-refractivity contribution in [3.8, 4) is 0 Å². The van der Waals surface area contributed by atoms with E-state index in [2.05, 4.69) is 69.3 Å². The van der Waals surface area contributed by atoms with Gasteiger partial charge >= 0.3 is 0 Å². The molecule has 2 aromatic rings. The summed E-state index contributed by atoms with van der Waals surface area (Å²) in [5.41, 5.74) is 11.1. The van der Waals surface area contributed by atoms with E-state index < -0.39 is 0 Å². The second-order valence-corrected chi connectivity index (χ2v) is 7.26. The van der Waals surface area contributed by atoms with Gasteiger partial charge in [0.1, 0.15) is 0 Å². The second kappa shape index (κ2) is 5.22. The van der Waals surface area contributed by atoms with Gasteiger partial charge in [0, 0.05) is 4.47 Å². The highest BCUT2D eigenvalue weighted by atomic mass is 79.9. The average Bonchev–Trinajstić information content (AvgIpc) is 2.69. The van der Waals surface area contributed by atoms with E-state index in [4.69, 9.17) is 5.73 Å². The molecule has 1 aromatic heterocycles. The lowest BCUT2D eigenvalue weighted by molar-refractivity contribution is 0.863. The molecule has 0 aliphatic heterocycles. The van der Waals surface area contributed by atoms with Gasteiger partial charge in [-0.05, 0) is 69.5 Å². The highest BCUT2D eigenvalue weighted by Crippen LogP contribution is 2.31. The first-order chi connectivity index (χ1) is 7.99. The summed E-state index contributed by atoms with van der Waals surface area (Å²) in [6.45, 7) is 4.18. The lowest BCUT2D eigenvalue weighted by Gasteiger charge is -2.15. The van der Waals surface area contributed by atoms with Crippen molar-refractivity contribution >= 4 is 43.2 Å². The minimum absolute atomic E-state index is 0.0515. The van der Waals surface area contributed by atoms with Crippen LogP contribution in [0.4, 0.5) is 0 Å². The molecule has 0 spiro atoms. The predicted molar refractivity (Wildman–Crippen MR) is 81.7 cm³/mol. The number of hydrogen-bond acceptors (Lipinski definition) is 2. The SMILES string of the molecule is Cc1cc(C(N)c2csc(Br)c2)c(C)cc1Br. The largest absolute Gasteiger partial charge is 0.320 e. The molecule has 0 fully saturated rings. The minimum Gasteiger partial charge on any atom is -0.320 e. The van der Waals surface area contributed by atoms with Crippen LogP contribution in [-0.4, -0.2) is 0 Å². The van der Waals surface area contributed by atoms with Crippen LogP contribution in [0, 0.1) is 13.8 Å². The molecule has 0 saturated heterocycles. The molecule has 0 bridgehead atoms. The first-order valence-corrected chi connectivity index (χ1v) is 7.71. The molecule has 2 N–H and O–H groups in total. The topological polar surface area (TPSA) is 26.0 Å². The monoisotopic (exact) mass is 373 g/mol. The molecule has 0 aliphatic carbocycles. The predicted octanol–water partition coefficient (Wildman–Crippen LogP) is 4.94. The normalized spacial score (nSPS) is 12.8. The van der Waals surface area contributed by atoms with Gasteiger partial charge in [0.2, 0.25) is 0 Å². The van der Waals surface area contributed by atoms with Gasteiger partial charge in [-0.1, -0.05) is 22.0 Å². The third-order valence-corrected chi connectivity index (χ3v) is 5.21. The van der Waals surface area contributed by atoms with Crippen LogP contribution < -0.4 is 5.73 Å². The molecule has 0 saturated carbocycles. The summed E-state index contributed by atoms with van der Waals surface area (Å²) in [7, 11) is 0. The zero-order valence-electron chi connectivity index (χ0n) is 9.63. The first kappa shape index (κ1) is 13.3. The molecule has 2 rings (SSSR count). The molecule has 1 heterocycles. The van der Waals surface area contributed by atoms with Crippen molar-refractivity contribution in [2.45, 2.75) is 19.9 Å². The van der Waals surface area contributed by atoms with E-state index >= 15 is 0 Å². The molecular weight excluding hydrogens is 362 g/mol. The summed E-state index contributed by atoms with van der Waals surface area (Å²) in [6.07, 6.45) is 0. The molecule has 90 valence electrons. The number of thiophene rings is 1. The van der Waals surface area contributed by atoms with Crippen molar-refractivity contribution < 1.29 is 0 Å². The van der Waals surface area contributed by atoms with Crippen molar-refractivity contribution in [3.63, 3.8) is 0 Å². The van der Waals surface area contributed by atoms with Crippen LogP contribution in [0.25, 0.3) is 0 Å². The number of nitrogens with two attached hydrogens (primary N) is 1. The Bertz CT molecular complexity index is 548. The Morgan fingerprint density at radius 3 is 2.41 bits per heavy atom. The molecule has 1 aromatic carbocycles. The van der Waals surface area contributed by atoms with Crippen LogP contribution in [-0.2, 0) is 0 Å². The maximum atomic E-state index is 6.32. The van der Waals surface area contributed by atoms with E-state index in [1.165, 1.54) is 16.7 Å². The lowest BCUT2D eigenvalue weighted by atomic mass is 9.96. The third-order valence-electron chi connectivity index (χ3n) is 2.83. The summed E-state index contributed by atoms with van der Waals surface area (Å²) in [5.74, 6) is 0. The van der Waals surface area contributed by atoms with Crippen LogP contribution in [0.2, 0.25) is 0 Å². The molecule has 1 nitrogen and oxygen atoms in total. The van der Waals surface area contributed by atoms with Gasteiger partial charge in [0.25, 0.3) is 0 Å². The van der Waals surface area contributed by atoms with Crippen molar-refractivity contribution in [2.75, 3.05) is 0 Å². The standard InChI is InChI=1S/C13H13Br2NS/c1-7-4-11(14)8(2)3-10(7)13(16)9-5-12(15)17-6-9/h3-6,13H,16H2,1-2H3. The second-order valence-electron chi connectivity index (χ2n) is 4.12. The van der Waals surface area contributed by atoms with E-state index in [0.717, 1.165) is 13.8 Å². The minimum atomic E-state index is -0.0515. The molecular formula is C13H13Br2NS. The summed E-state index contributed by atoms with van der Waals surface area (Å²) >= 11 is 8.68. The van der Waals surface area contributed by atoms with Crippen molar-refractivity contribution in [1.29, 1.82) is 0 Å². The molecule has 0 radical (unpaired) electrons. The summed E-state index contributed by atoms with van der Waals surface area (Å²) in [4.78, 5) is 0. The molecule has 1 atom stereocenters. The van der Waals surface area contributed by atoms with Gasteiger partial charge in [-0.2, -0.15) is 0 Å². The van der Waals surface area contributed by atoms with Crippen molar-refractivity contribution in [1.82, 2.24) is 0 Å². The fourth-order valence-corrected chi connectivity index (χ4v) is 3.47. The van der Waals surface area contributed by atoms with Gasteiger partial charge in [-0.25, -0.2) is 0 Å². The maximum Gasteiger partial charge on any atom is 0.0701 e. The van der Waals surface area contributed by atoms with Gasteiger partial charge < -0.3 is 5.73 Å². The number of rotatable bonds is 2. The number of aryl methyl sites for hydroxylation is 2. The van der Waals surface area contributed by atoms with E-state index in [-0.39, 0.29) is 6.04 Å². The van der Waals surface area contributed by atoms with Crippen molar-refractivity contribution in [3.05, 3.63) is 54.1 Å².